The van der Waals surface area contributed by atoms with Gasteiger partial charge in [-0.3, -0.25) is 9.52 Å². The number of carbonyl (C=O) groups is 2. The Bertz CT molecular complexity index is 1210. The summed E-state index contributed by atoms with van der Waals surface area (Å²) >= 11 is 0. The number of hydrogen-bond donors (Lipinski definition) is 2. The van der Waals surface area contributed by atoms with Crippen molar-refractivity contribution >= 4 is 27.6 Å². The average Bonchev–Trinajstić information content (AvgIpc) is 2.78. The van der Waals surface area contributed by atoms with E-state index in [2.05, 4.69) is 10.0 Å². The van der Waals surface area contributed by atoms with Crippen LogP contribution in [0.25, 0.3) is 0 Å². The topological polar surface area (TPSA) is 102 Å². The number of esters is 1. The molecule has 3 aromatic carbocycles. The van der Waals surface area contributed by atoms with Crippen LogP contribution in [0, 0.1) is 12.7 Å². The number of sulfonamides is 1. The molecule has 0 fully saturated rings. The van der Waals surface area contributed by atoms with E-state index < -0.39 is 34.3 Å². The molecule has 32 heavy (non-hydrogen) atoms. The molecule has 9 heteroatoms. The first-order valence-corrected chi connectivity index (χ1v) is 11.1. The molecule has 0 aromatic heterocycles. The highest BCUT2D eigenvalue weighted by molar-refractivity contribution is 7.92. The van der Waals surface area contributed by atoms with Crippen molar-refractivity contribution in [1.82, 2.24) is 5.32 Å². The van der Waals surface area contributed by atoms with Gasteiger partial charge in [-0.25, -0.2) is 17.6 Å². The highest BCUT2D eigenvalue weighted by Crippen LogP contribution is 2.18. The molecule has 0 unspecified atom stereocenters. The predicted octanol–water partition coefficient (Wildman–Crippen LogP) is 3.41. The molecule has 0 aliphatic heterocycles. The van der Waals surface area contributed by atoms with E-state index in [9.17, 15) is 22.4 Å². The Morgan fingerprint density at radius 2 is 1.66 bits per heavy atom. The third-order valence-corrected chi connectivity index (χ3v) is 5.80. The Hall–Kier alpha value is -3.72. The van der Waals surface area contributed by atoms with Gasteiger partial charge in [0.2, 0.25) is 0 Å². The first kappa shape index (κ1) is 23.0. The van der Waals surface area contributed by atoms with Gasteiger partial charge in [0, 0.05) is 12.2 Å². The quantitative estimate of drug-likeness (QED) is 0.506. The number of halogens is 1. The van der Waals surface area contributed by atoms with E-state index in [1.807, 2.05) is 31.2 Å². The van der Waals surface area contributed by atoms with E-state index >= 15 is 0 Å². The monoisotopic (exact) mass is 456 g/mol. The van der Waals surface area contributed by atoms with Gasteiger partial charge in [0.1, 0.15) is 5.82 Å². The van der Waals surface area contributed by atoms with Crippen LogP contribution in [0.2, 0.25) is 0 Å². The molecule has 0 saturated heterocycles. The van der Waals surface area contributed by atoms with Gasteiger partial charge in [-0.15, -0.1) is 0 Å². The molecule has 0 spiro atoms. The minimum absolute atomic E-state index is 0.0293. The zero-order valence-electron chi connectivity index (χ0n) is 17.2. The van der Waals surface area contributed by atoms with Crippen LogP contribution in [0.5, 0.6) is 0 Å². The lowest BCUT2D eigenvalue weighted by Gasteiger charge is -2.10. The smallest absolute Gasteiger partial charge is 0.338 e. The molecular formula is C23H21FN2O5S. The summed E-state index contributed by atoms with van der Waals surface area (Å²) in [6.07, 6.45) is 0. The first-order valence-electron chi connectivity index (χ1n) is 9.61. The van der Waals surface area contributed by atoms with Crippen LogP contribution in [-0.4, -0.2) is 26.9 Å². The summed E-state index contributed by atoms with van der Waals surface area (Å²) in [4.78, 5) is 24.0. The van der Waals surface area contributed by atoms with E-state index in [1.54, 1.807) is 0 Å². The summed E-state index contributed by atoms with van der Waals surface area (Å²) in [5.74, 6) is -1.82. The van der Waals surface area contributed by atoms with Crippen molar-refractivity contribution in [1.29, 1.82) is 0 Å². The maximum atomic E-state index is 13.0. The zero-order valence-corrected chi connectivity index (χ0v) is 18.0. The van der Waals surface area contributed by atoms with Crippen molar-refractivity contribution in [3.8, 4) is 0 Å². The Kier molecular flexibility index (Phi) is 7.21. The standard InChI is InChI=1S/C23H21FN2O5S/c1-16-5-7-17(8-6-16)14-25-22(27)15-31-23(28)18-3-2-4-21(13-18)32(29,30)26-20-11-9-19(24)10-12-20/h2-13,26H,14-15H2,1H3,(H,25,27). The summed E-state index contributed by atoms with van der Waals surface area (Å²) in [7, 11) is -4.02. The van der Waals surface area contributed by atoms with Crippen molar-refractivity contribution in [3.05, 3.63) is 95.3 Å². The Balaban J connectivity index is 1.57. The van der Waals surface area contributed by atoms with Crippen LogP contribution < -0.4 is 10.0 Å². The van der Waals surface area contributed by atoms with Crippen LogP contribution in [-0.2, 0) is 26.1 Å². The fourth-order valence-corrected chi connectivity index (χ4v) is 3.80. The van der Waals surface area contributed by atoms with Crippen molar-refractivity contribution in [2.45, 2.75) is 18.4 Å². The molecule has 0 heterocycles. The molecule has 2 N–H and O–H groups in total. The second-order valence-corrected chi connectivity index (χ2v) is 8.66. The van der Waals surface area contributed by atoms with Crippen LogP contribution in [0.4, 0.5) is 10.1 Å². The molecule has 0 aliphatic carbocycles. The lowest BCUT2D eigenvalue weighted by Crippen LogP contribution is -2.28. The minimum Gasteiger partial charge on any atom is -0.452 e. The maximum Gasteiger partial charge on any atom is 0.338 e. The summed E-state index contributed by atoms with van der Waals surface area (Å²) in [6, 6.07) is 17.6. The largest absolute Gasteiger partial charge is 0.452 e. The lowest BCUT2D eigenvalue weighted by molar-refractivity contribution is -0.124. The number of anilines is 1. The van der Waals surface area contributed by atoms with Gasteiger partial charge >= 0.3 is 5.97 Å². The van der Waals surface area contributed by atoms with Crippen LogP contribution in [0.3, 0.4) is 0 Å². The second kappa shape index (κ2) is 10.1. The SMILES string of the molecule is Cc1ccc(CNC(=O)COC(=O)c2cccc(S(=O)(=O)Nc3ccc(F)cc3)c2)cc1. The Morgan fingerprint density at radius 3 is 2.34 bits per heavy atom. The van der Waals surface area contributed by atoms with Crippen molar-refractivity contribution < 1.29 is 27.1 Å². The van der Waals surface area contributed by atoms with Gasteiger partial charge in [-0.1, -0.05) is 35.9 Å². The molecule has 3 rings (SSSR count). The third kappa shape index (κ3) is 6.39. The van der Waals surface area contributed by atoms with Crippen molar-refractivity contribution in [3.63, 3.8) is 0 Å². The van der Waals surface area contributed by atoms with E-state index in [4.69, 9.17) is 4.74 Å². The fourth-order valence-electron chi connectivity index (χ4n) is 2.69. The molecule has 0 saturated carbocycles. The van der Waals surface area contributed by atoms with E-state index in [-0.39, 0.29) is 16.1 Å². The molecule has 0 atom stereocenters. The minimum atomic E-state index is -4.02. The molecule has 3 aromatic rings. The van der Waals surface area contributed by atoms with E-state index in [0.29, 0.717) is 6.54 Å². The molecule has 166 valence electrons. The fraction of sp³-hybridized carbons (Fsp3) is 0.130. The molecular weight excluding hydrogens is 435 g/mol. The highest BCUT2D eigenvalue weighted by Gasteiger charge is 2.18. The molecule has 0 radical (unpaired) electrons. The number of benzene rings is 3. The lowest BCUT2D eigenvalue weighted by atomic mass is 10.1. The molecule has 7 nitrogen and oxygen atoms in total. The number of nitrogens with one attached hydrogen (secondary N) is 2. The van der Waals surface area contributed by atoms with Gasteiger partial charge in [0.05, 0.1) is 10.5 Å². The molecule has 0 bridgehead atoms. The highest BCUT2D eigenvalue weighted by atomic mass is 32.2. The number of carbonyl (C=O) groups excluding carboxylic acids is 2. The summed E-state index contributed by atoms with van der Waals surface area (Å²) in [6.45, 7) is 1.75. The van der Waals surface area contributed by atoms with Crippen molar-refractivity contribution in [2.24, 2.45) is 0 Å². The second-order valence-electron chi connectivity index (χ2n) is 6.98. The van der Waals surface area contributed by atoms with Gasteiger partial charge in [0.15, 0.2) is 6.61 Å². The number of hydrogen-bond acceptors (Lipinski definition) is 5. The Morgan fingerprint density at radius 1 is 0.969 bits per heavy atom. The first-order chi connectivity index (χ1) is 15.2. The number of rotatable bonds is 8. The number of aryl methyl sites for hydroxylation is 1. The predicted molar refractivity (Wildman–Crippen MR) is 117 cm³/mol. The zero-order chi connectivity index (χ0) is 23.1. The third-order valence-electron chi connectivity index (χ3n) is 4.42. The van der Waals surface area contributed by atoms with Gasteiger partial charge in [-0.2, -0.15) is 0 Å². The van der Waals surface area contributed by atoms with Crippen LogP contribution in [0.15, 0.2) is 77.7 Å². The summed E-state index contributed by atoms with van der Waals surface area (Å²) in [5, 5.41) is 2.64. The molecule has 1 amide bonds. The number of amides is 1. The number of ether oxygens (including phenoxy) is 1. The van der Waals surface area contributed by atoms with Gasteiger partial charge in [-0.05, 0) is 55.0 Å². The van der Waals surface area contributed by atoms with Crippen molar-refractivity contribution in [2.75, 3.05) is 11.3 Å². The normalized spacial score (nSPS) is 10.9. The summed E-state index contributed by atoms with van der Waals surface area (Å²) < 4.78 is 45.4. The average molecular weight is 456 g/mol. The maximum absolute atomic E-state index is 13.0. The Labute approximate surface area is 185 Å². The summed E-state index contributed by atoms with van der Waals surface area (Å²) in [5.41, 5.74) is 2.15. The van der Waals surface area contributed by atoms with Gasteiger partial charge in [0.25, 0.3) is 15.9 Å². The van der Waals surface area contributed by atoms with Crippen LogP contribution in [0.1, 0.15) is 21.5 Å². The molecule has 0 aliphatic rings. The van der Waals surface area contributed by atoms with Crippen LogP contribution >= 0.6 is 0 Å². The van der Waals surface area contributed by atoms with Gasteiger partial charge < -0.3 is 10.1 Å². The van der Waals surface area contributed by atoms with E-state index in [0.717, 1.165) is 29.3 Å². The van der Waals surface area contributed by atoms with E-state index in [1.165, 1.54) is 30.3 Å².